The van der Waals surface area contributed by atoms with Gasteiger partial charge in [-0.25, -0.2) is 0 Å². The van der Waals surface area contributed by atoms with E-state index >= 15 is 0 Å². The van der Waals surface area contributed by atoms with E-state index in [0.29, 0.717) is 82.8 Å². The molecular weight excluding hydrogens is 960 g/mol. The molecule has 9 rings (SSSR count). The Morgan fingerprint density at radius 1 is 0.283 bits per heavy atom. The van der Waals surface area contributed by atoms with Gasteiger partial charge in [0.2, 0.25) is 0 Å². The smallest absolute Gasteiger partial charge is 0.194 e. The highest BCUT2D eigenvalue weighted by Crippen LogP contribution is 2.31. The zero-order valence-electron chi connectivity index (χ0n) is 32.7. The molecule has 12 heteroatoms. The monoisotopic (exact) mass is 996 g/mol. The van der Waals surface area contributed by atoms with E-state index in [1.54, 1.807) is 109 Å². The van der Waals surface area contributed by atoms with Crippen molar-refractivity contribution >= 4 is 82.5 Å². The molecular formula is C48H39Br3O9. The molecule has 0 heterocycles. The first-order valence-corrected chi connectivity index (χ1v) is 21.5. The summed E-state index contributed by atoms with van der Waals surface area (Å²) < 4.78 is 0. The molecule has 6 aromatic rings. The molecule has 0 unspecified atom stereocenters. The van der Waals surface area contributed by atoms with Crippen molar-refractivity contribution in [3.63, 3.8) is 0 Å². The number of carbonyl (C=O) groups excluding carboxylic acids is 6. The Morgan fingerprint density at radius 3 is 0.633 bits per heavy atom. The number of carbonyl (C=O) groups is 6. The highest BCUT2D eigenvalue weighted by atomic mass is 79.9. The summed E-state index contributed by atoms with van der Waals surface area (Å²) >= 11 is 10.1. The fourth-order valence-electron chi connectivity index (χ4n) is 6.69. The SMILES string of the molecule is CO.CO.CO.O=C1c2ccccc2C(=O)c2cc(CBr)ccc21.O=C1c2ccccc2C(=O)c2cc(CBr)ccc21.O=C1c2ccccc2C(=O)c2cc(CBr)ccc21. The number of hydrogen-bond acceptors (Lipinski definition) is 9. The summed E-state index contributed by atoms with van der Waals surface area (Å²) in [6.07, 6.45) is 0. The van der Waals surface area contributed by atoms with Crippen LogP contribution in [0.5, 0.6) is 0 Å². The highest BCUT2D eigenvalue weighted by molar-refractivity contribution is 9.09. The Hall–Kier alpha value is -5.34. The first-order valence-electron chi connectivity index (χ1n) is 18.1. The van der Waals surface area contributed by atoms with Crippen molar-refractivity contribution in [3.05, 3.63) is 211 Å². The van der Waals surface area contributed by atoms with Gasteiger partial charge in [-0.05, 0) is 53.1 Å². The van der Waals surface area contributed by atoms with Crippen molar-refractivity contribution in [2.75, 3.05) is 21.3 Å². The highest BCUT2D eigenvalue weighted by Gasteiger charge is 2.31. The second-order valence-corrected chi connectivity index (χ2v) is 14.3. The Kier molecular flexibility index (Phi) is 17.6. The number of rotatable bonds is 3. The largest absolute Gasteiger partial charge is 0.400 e. The van der Waals surface area contributed by atoms with Gasteiger partial charge in [0, 0.05) is 104 Å². The average Bonchev–Trinajstić information content (AvgIpc) is 3.33. The molecule has 0 aromatic heterocycles. The van der Waals surface area contributed by atoms with Crippen LogP contribution in [0.4, 0.5) is 0 Å². The molecule has 3 aliphatic carbocycles. The van der Waals surface area contributed by atoms with Gasteiger partial charge in [-0.15, -0.1) is 0 Å². The summed E-state index contributed by atoms with van der Waals surface area (Å²) in [6.45, 7) is 0. The number of benzene rings is 6. The standard InChI is InChI=1S/3C15H9BrO2.3CH4O/c3*16-8-9-5-6-12-13(7-9)15(18)11-4-2-1-3-10(11)14(12)17;3*1-2/h3*1-7H,8H2;3*2H,1H3. The third kappa shape index (κ3) is 9.65. The van der Waals surface area contributed by atoms with Gasteiger partial charge in [-0.3, -0.25) is 28.8 Å². The summed E-state index contributed by atoms with van der Waals surface area (Å²) in [5.74, 6) is -0.405. The molecule has 0 radical (unpaired) electrons. The van der Waals surface area contributed by atoms with Crippen molar-refractivity contribution in [1.82, 2.24) is 0 Å². The van der Waals surface area contributed by atoms with Gasteiger partial charge < -0.3 is 15.3 Å². The summed E-state index contributed by atoms with van der Waals surface area (Å²) in [5, 5.41) is 23.0. The third-order valence-electron chi connectivity index (χ3n) is 9.43. The van der Waals surface area contributed by atoms with Crippen molar-refractivity contribution in [3.8, 4) is 0 Å². The van der Waals surface area contributed by atoms with E-state index in [2.05, 4.69) is 47.8 Å². The van der Waals surface area contributed by atoms with E-state index in [1.165, 1.54) is 0 Å². The normalized spacial score (nSPS) is 12.2. The summed E-state index contributed by atoms with van der Waals surface area (Å²) in [7, 11) is 3.00. The Labute approximate surface area is 372 Å². The molecule has 9 nitrogen and oxygen atoms in total. The number of aliphatic hydroxyl groups excluding tert-OH is 3. The molecule has 306 valence electrons. The van der Waals surface area contributed by atoms with E-state index in [0.717, 1.165) is 38.0 Å². The maximum atomic E-state index is 12.4. The van der Waals surface area contributed by atoms with E-state index in [4.69, 9.17) is 15.3 Å². The lowest BCUT2D eigenvalue weighted by atomic mass is 9.83. The Balaban J connectivity index is 0.000000187. The van der Waals surface area contributed by atoms with Crippen molar-refractivity contribution in [1.29, 1.82) is 0 Å². The van der Waals surface area contributed by atoms with E-state index < -0.39 is 0 Å². The molecule has 0 saturated carbocycles. The van der Waals surface area contributed by atoms with Crippen molar-refractivity contribution < 1.29 is 44.1 Å². The van der Waals surface area contributed by atoms with Gasteiger partial charge in [0.05, 0.1) is 0 Å². The van der Waals surface area contributed by atoms with Crippen LogP contribution in [0.25, 0.3) is 0 Å². The molecule has 6 aromatic carbocycles. The minimum Gasteiger partial charge on any atom is -0.400 e. The maximum Gasteiger partial charge on any atom is 0.194 e. The van der Waals surface area contributed by atoms with Gasteiger partial charge in [-0.1, -0.05) is 139 Å². The third-order valence-corrected chi connectivity index (χ3v) is 11.4. The number of ketones is 6. The predicted molar refractivity (Wildman–Crippen MR) is 242 cm³/mol. The van der Waals surface area contributed by atoms with Crippen LogP contribution in [0.3, 0.4) is 0 Å². The zero-order valence-corrected chi connectivity index (χ0v) is 37.4. The average molecular weight is 1000 g/mol. The van der Waals surface area contributed by atoms with Gasteiger partial charge in [0.1, 0.15) is 0 Å². The fraction of sp³-hybridized carbons (Fsp3) is 0.125. The molecule has 0 fully saturated rings. The van der Waals surface area contributed by atoms with Crippen LogP contribution in [0, 0.1) is 0 Å². The van der Waals surface area contributed by atoms with Gasteiger partial charge in [-0.2, -0.15) is 0 Å². The molecule has 0 bridgehead atoms. The summed E-state index contributed by atoms with van der Waals surface area (Å²) in [4.78, 5) is 73.9. The Morgan fingerprint density at radius 2 is 0.450 bits per heavy atom. The fourth-order valence-corrected chi connectivity index (χ4v) is 7.74. The lowest BCUT2D eigenvalue weighted by molar-refractivity contribution is 0.0979. The van der Waals surface area contributed by atoms with Crippen LogP contribution in [-0.2, 0) is 16.0 Å². The van der Waals surface area contributed by atoms with Crippen LogP contribution >= 0.6 is 47.8 Å². The quantitative estimate of drug-likeness (QED) is 0.147. The lowest BCUT2D eigenvalue weighted by Gasteiger charge is -2.17. The molecule has 0 saturated heterocycles. The molecule has 0 amide bonds. The van der Waals surface area contributed by atoms with Gasteiger partial charge >= 0.3 is 0 Å². The molecule has 0 spiro atoms. The first kappa shape index (κ1) is 47.3. The van der Waals surface area contributed by atoms with Crippen LogP contribution < -0.4 is 0 Å². The van der Waals surface area contributed by atoms with Crippen molar-refractivity contribution in [2.24, 2.45) is 0 Å². The molecule has 0 atom stereocenters. The molecule has 0 aliphatic heterocycles. The van der Waals surface area contributed by atoms with Crippen molar-refractivity contribution in [2.45, 2.75) is 16.0 Å². The van der Waals surface area contributed by atoms with E-state index in [-0.39, 0.29) is 34.7 Å². The van der Waals surface area contributed by atoms with Gasteiger partial charge in [0.25, 0.3) is 0 Å². The molecule has 60 heavy (non-hydrogen) atoms. The zero-order chi connectivity index (χ0) is 44.1. The number of aliphatic hydroxyl groups is 3. The topological polar surface area (TPSA) is 163 Å². The first-order chi connectivity index (χ1) is 29.2. The van der Waals surface area contributed by atoms with Crippen LogP contribution in [0.2, 0.25) is 0 Å². The number of alkyl halides is 3. The second-order valence-electron chi connectivity index (χ2n) is 12.7. The maximum absolute atomic E-state index is 12.4. The predicted octanol–water partition coefficient (Wildman–Crippen LogP) is 8.90. The Bertz CT molecular complexity index is 2310. The number of hydrogen-bond donors (Lipinski definition) is 3. The lowest BCUT2D eigenvalue weighted by Crippen LogP contribution is -2.20. The van der Waals surface area contributed by atoms with Gasteiger partial charge in [0.15, 0.2) is 34.7 Å². The minimum absolute atomic E-state index is 0.0667. The molecule has 3 aliphatic rings. The van der Waals surface area contributed by atoms with E-state index in [1.807, 2.05) is 18.2 Å². The van der Waals surface area contributed by atoms with E-state index in [9.17, 15) is 28.8 Å². The number of halogens is 3. The van der Waals surface area contributed by atoms with Crippen LogP contribution in [-0.4, -0.2) is 71.3 Å². The minimum atomic E-state index is -0.0682. The summed E-state index contributed by atoms with van der Waals surface area (Å²) in [5.41, 5.74) is 9.03. The summed E-state index contributed by atoms with van der Waals surface area (Å²) in [6, 6.07) is 37.1. The van der Waals surface area contributed by atoms with Crippen LogP contribution in [0.15, 0.2) is 127 Å². The molecule has 3 N–H and O–H groups in total. The van der Waals surface area contributed by atoms with Crippen LogP contribution in [0.1, 0.15) is 112 Å². The second kappa shape index (κ2) is 22.3. The number of fused-ring (bicyclic) bond motifs is 6.